The van der Waals surface area contributed by atoms with Gasteiger partial charge in [0.2, 0.25) is 0 Å². The van der Waals surface area contributed by atoms with Gasteiger partial charge in [-0.2, -0.15) is 0 Å². The lowest BCUT2D eigenvalue weighted by molar-refractivity contribution is 0.282. The van der Waals surface area contributed by atoms with Gasteiger partial charge in [0.15, 0.2) is 0 Å². The number of nitrogens with zero attached hydrogens (tertiary/aromatic N) is 1. The van der Waals surface area contributed by atoms with E-state index in [-0.39, 0.29) is 11.5 Å². The molecule has 21 heavy (non-hydrogen) atoms. The van der Waals surface area contributed by atoms with Gasteiger partial charge < -0.3 is 5.11 Å². The van der Waals surface area contributed by atoms with Crippen LogP contribution in [-0.4, -0.2) is 19.4 Å². The Morgan fingerprint density at radius 2 is 1.67 bits per heavy atom. The van der Waals surface area contributed by atoms with Crippen LogP contribution in [0.1, 0.15) is 16.7 Å². The summed E-state index contributed by atoms with van der Waals surface area (Å²) in [7, 11) is -3.48. The lowest BCUT2D eigenvalue weighted by Crippen LogP contribution is -2.22. The first-order valence-corrected chi connectivity index (χ1v) is 7.94. The van der Waals surface area contributed by atoms with Crippen LogP contribution < -0.4 is 4.72 Å². The topological polar surface area (TPSA) is 78.8 Å². The fraction of sp³-hybridized carbons (Fsp3) is 0.133. The minimum atomic E-state index is -3.48. The summed E-state index contributed by atoms with van der Waals surface area (Å²) < 4.78 is 26.3. The molecule has 1 heterocycles. The fourth-order valence-electron chi connectivity index (χ4n) is 2.17. The Hall–Kier alpha value is -2.18. The molecule has 2 N–H and O–H groups in total. The van der Waals surface area contributed by atoms with Gasteiger partial charge in [-0.3, -0.25) is 9.71 Å². The standard InChI is InChI=1S/C15H14N2O3S/c18-10-12-7-5-11(6-8-12)9-16-15-13-3-1-2-4-14(13)21(19,20)17-15/h1-8,18H,9-10H2,(H,16,17). The van der Waals surface area contributed by atoms with Crippen LogP contribution in [0.3, 0.4) is 0 Å². The summed E-state index contributed by atoms with van der Waals surface area (Å²) in [4.78, 5) is 4.61. The van der Waals surface area contributed by atoms with Gasteiger partial charge in [0.1, 0.15) is 5.84 Å². The predicted molar refractivity (Wildman–Crippen MR) is 79.4 cm³/mol. The van der Waals surface area contributed by atoms with Crippen LogP contribution in [0, 0.1) is 0 Å². The molecule has 0 unspecified atom stereocenters. The summed E-state index contributed by atoms with van der Waals surface area (Å²) in [5, 5.41) is 8.99. The van der Waals surface area contributed by atoms with Crippen molar-refractivity contribution in [2.45, 2.75) is 18.0 Å². The van der Waals surface area contributed by atoms with Crippen LogP contribution in [0.4, 0.5) is 0 Å². The monoisotopic (exact) mass is 302 g/mol. The smallest absolute Gasteiger partial charge is 0.263 e. The van der Waals surface area contributed by atoms with Crippen molar-refractivity contribution in [2.24, 2.45) is 4.99 Å². The van der Waals surface area contributed by atoms with Crippen molar-refractivity contribution >= 4 is 15.9 Å². The van der Waals surface area contributed by atoms with Crippen LogP contribution in [-0.2, 0) is 23.2 Å². The summed E-state index contributed by atoms with van der Waals surface area (Å²) in [5.74, 6) is 0.372. The van der Waals surface area contributed by atoms with Crippen molar-refractivity contribution < 1.29 is 13.5 Å². The second-order valence-electron chi connectivity index (χ2n) is 4.74. The Kier molecular flexibility index (Phi) is 3.48. The molecule has 3 rings (SSSR count). The zero-order chi connectivity index (χ0) is 14.9. The van der Waals surface area contributed by atoms with E-state index in [1.807, 2.05) is 24.3 Å². The highest BCUT2D eigenvalue weighted by molar-refractivity contribution is 7.90. The number of benzene rings is 2. The van der Waals surface area contributed by atoms with Gasteiger partial charge in [-0.1, -0.05) is 36.4 Å². The van der Waals surface area contributed by atoms with Gasteiger partial charge in [-0.05, 0) is 23.3 Å². The summed E-state index contributed by atoms with van der Waals surface area (Å²) in [6.45, 7) is 0.375. The molecular formula is C15H14N2O3S. The Labute approximate surface area is 123 Å². The first kappa shape index (κ1) is 13.8. The summed E-state index contributed by atoms with van der Waals surface area (Å²) >= 11 is 0. The van der Waals surface area contributed by atoms with Gasteiger partial charge in [-0.15, -0.1) is 0 Å². The predicted octanol–water partition coefficient (Wildman–Crippen LogP) is 1.42. The Bertz CT molecular complexity index is 796. The van der Waals surface area contributed by atoms with Crippen molar-refractivity contribution in [1.82, 2.24) is 4.72 Å². The number of fused-ring (bicyclic) bond motifs is 1. The average molecular weight is 302 g/mol. The normalized spacial score (nSPS) is 17.5. The number of sulfonamides is 1. The number of hydrogen-bond donors (Lipinski definition) is 2. The van der Waals surface area contributed by atoms with E-state index in [2.05, 4.69) is 9.71 Å². The molecule has 108 valence electrons. The zero-order valence-electron chi connectivity index (χ0n) is 11.2. The molecule has 0 fully saturated rings. The number of aliphatic hydroxyl groups is 1. The van der Waals surface area contributed by atoms with Crippen LogP contribution in [0.5, 0.6) is 0 Å². The molecule has 0 aromatic heterocycles. The van der Waals surface area contributed by atoms with E-state index in [9.17, 15) is 8.42 Å². The molecular weight excluding hydrogens is 288 g/mol. The second kappa shape index (κ2) is 5.31. The highest BCUT2D eigenvalue weighted by Crippen LogP contribution is 2.22. The second-order valence-corrected chi connectivity index (χ2v) is 6.39. The van der Waals surface area contributed by atoms with Crippen molar-refractivity contribution in [2.75, 3.05) is 0 Å². The maximum absolute atomic E-state index is 11.9. The van der Waals surface area contributed by atoms with E-state index in [0.29, 0.717) is 17.9 Å². The first-order valence-electron chi connectivity index (χ1n) is 6.45. The van der Waals surface area contributed by atoms with Gasteiger partial charge in [0.05, 0.1) is 18.0 Å². The lowest BCUT2D eigenvalue weighted by atomic mass is 10.1. The molecule has 0 saturated carbocycles. The van der Waals surface area contributed by atoms with Crippen LogP contribution in [0.2, 0.25) is 0 Å². The van der Waals surface area contributed by atoms with E-state index in [1.54, 1.807) is 24.3 Å². The maximum atomic E-state index is 11.9. The van der Waals surface area contributed by atoms with Crippen molar-refractivity contribution in [3.63, 3.8) is 0 Å². The molecule has 1 aliphatic heterocycles. The fourth-order valence-corrected chi connectivity index (χ4v) is 3.42. The van der Waals surface area contributed by atoms with Crippen LogP contribution >= 0.6 is 0 Å². The molecule has 0 saturated heterocycles. The molecule has 0 bridgehead atoms. The minimum Gasteiger partial charge on any atom is -0.392 e. The molecule has 0 spiro atoms. The Morgan fingerprint density at radius 1 is 1.00 bits per heavy atom. The molecule has 1 aliphatic rings. The highest BCUT2D eigenvalue weighted by atomic mass is 32.2. The number of nitrogens with one attached hydrogen (secondary N) is 1. The van der Waals surface area contributed by atoms with Crippen LogP contribution in [0.25, 0.3) is 0 Å². The Balaban J connectivity index is 1.88. The van der Waals surface area contributed by atoms with E-state index in [1.165, 1.54) is 0 Å². The number of rotatable bonds is 3. The molecule has 5 nitrogen and oxygen atoms in total. The summed E-state index contributed by atoms with van der Waals surface area (Å²) in [5.41, 5.74) is 2.38. The first-order chi connectivity index (χ1) is 10.1. The lowest BCUT2D eigenvalue weighted by Gasteiger charge is -2.01. The summed E-state index contributed by atoms with van der Waals surface area (Å²) in [6.07, 6.45) is 0. The number of hydrogen-bond acceptors (Lipinski definition) is 4. The number of amidine groups is 1. The third-order valence-electron chi connectivity index (χ3n) is 3.29. The third-order valence-corrected chi connectivity index (χ3v) is 4.69. The van der Waals surface area contributed by atoms with Gasteiger partial charge in [-0.25, -0.2) is 8.42 Å². The van der Waals surface area contributed by atoms with E-state index < -0.39 is 10.0 Å². The van der Waals surface area contributed by atoms with Gasteiger partial charge in [0, 0.05) is 5.56 Å². The molecule has 0 aliphatic carbocycles. The van der Waals surface area contributed by atoms with E-state index in [0.717, 1.165) is 11.1 Å². The van der Waals surface area contributed by atoms with Gasteiger partial charge in [0.25, 0.3) is 10.0 Å². The minimum absolute atomic E-state index is 0.00196. The molecule has 2 aromatic carbocycles. The SMILES string of the molecule is O=S1(=O)NC(=NCc2ccc(CO)cc2)c2ccccc21. The molecule has 0 atom stereocenters. The quantitative estimate of drug-likeness (QED) is 0.900. The van der Waals surface area contributed by atoms with Gasteiger partial charge >= 0.3 is 0 Å². The largest absolute Gasteiger partial charge is 0.392 e. The van der Waals surface area contributed by atoms with Crippen molar-refractivity contribution in [1.29, 1.82) is 0 Å². The molecule has 2 aromatic rings. The molecule has 0 amide bonds. The number of aliphatic imine (C=N–C) groups is 1. The Morgan fingerprint density at radius 3 is 2.38 bits per heavy atom. The third kappa shape index (κ3) is 2.68. The summed E-state index contributed by atoms with van der Waals surface area (Å²) in [6, 6.07) is 14.2. The zero-order valence-corrected chi connectivity index (χ0v) is 12.0. The van der Waals surface area contributed by atoms with Crippen LogP contribution in [0.15, 0.2) is 58.4 Å². The highest BCUT2D eigenvalue weighted by Gasteiger charge is 2.29. The van der Waals surface area contributed by atoms with E-state index in [4.69, 9.17) is 5.11 Å². The van der Waals surface area contributed by atoms with E-state index >= 15 is 0 Å². The average Bonchev–Trinajstić information content (AvgIpc) is 2.77. The maximum Gasteiger partial charge on any atom is 0.263 e. The van der Waals surface area contributed by atoms with Crippen molar-refractivity contribution in [3.8, 4) is 0 Å². The number of aliphatic hydroxyl groups excluding tert-OH is 1. The molecule has 6 heteroatoms. The van der Waals surface area contributed by atoms with Crippen molar-refractivity contribution in [3.05, 3.63) is 65.2 Å². The molecule has 0 radical (unpaired) electrons.